The summed E-state index contributed by atoms with van der Waals surface area (Å²) in [5, 5.41) is 17.6. The van der Waals surface area contributed by atoms with Crippen LogP contribution in [-0.4, -0.2) is 45.8 Å². The minimum absolute atomic E-state index is 0.159. The number of aliphatic carboxylic acids is 1. The second-order valence-corrected chi connectivity index (χ2v) is 5.75. The molecule has 0 saturated carbocycles. The number of hydrogen-bond acceptors (Lipinski definition) is 7. The van der Waals surface area contributed by atoms with Crippen LogP contribution in [-0.2, 0) is 4.79 Å². The minimum atomic E-state index is -0.953. The van der Waals surface area contributed by atoms with Crippen LogP contribution in [0.5, 0.6) is 11.5 Å². The van der Waals surface area contributed by atoms with Crippen molar-refractivity contribution in [1.29, 1.82) is 0 Å². The third kappa shape index (κ3) is 3.31. The Morgan fingerprint density at radius 2 is 1.92 bits per heavy atom. The molecule has 25 heavy (non-hydrogen) atoms. The highest BCUT2D eigenvalue weighted by Crippen LogP contribution is 2.38. The summed E-state index contributed by atoms with van der Waals surface area (Å²) in [5.41, 5.74) is 0.566. The summed E-state index contributed by atoms with van der Waals surface area (Å²) in [6, 6.07) is 8.82. The fraction of sp³-hybridized carbons (Fsp3) is 0.188. The van der Waals surface area contributed by atoms with Gasteiger partial charge >= 0.3 is 5.97 Å². The van der Waals surface area contributed by atoms with Gasteiger partial charge in [0.1, 0.15) is 17.2 Å². The van der Waals surface area contributed by atoms with Crippen molar-refractivity contribution in [2.24, 2.45) is 0 Å². The summed E-state index contributed by atoms with van der Waals surface area (Å²) in [5.74, 6) is 0.857. The van der Waals surface area contributed by atoms with E-state index in [-0.39, 0.29) is 5.75 Å². The lowest BCUT2D eigenvalue weighted by Crippen LogP contribution is -2.06. The number of furan rings is 1. The molecule has 0 atom stereocenters. The summed E-state index contributed by atoms with van der Waals surface area (Å²) in [6.07, 6.45) is 1.53. The Morgan fingerprint density at radius 3 is 2.48 bits per heavy atom. The first kappa shape index (κ1) is 16.9. The van der Waals surface area contributed by atoms with Crippen LogP contribution < -0.4 is 9.47 Å². The number of carboxylic acid groups (broad SMARTS) is 1. The van der Waals surface area contributed by atoms with E-state index in [9.17, 15) is 4.79 Å². The molecule has 0 fully saturated rings. The summed E-state index contributed by atoms with van der Waals surface area (Å²) in [7, 11) is 3.08. The highest BCUT2D eigenvalue weighted by Gasteiger charge is 2.24. The molecule has 8 nitrogen and oxygen atoms in total. The molecule has 9 heteroatoms. The number of aromatic nitrogens is 3. The van der Waals surface area contributed by atoms with E-state index in [2.05, 4.69) is 10.2 Å². The fourth-order valence-electron chi connectivity index (χ4n) is 2.31. The highest BCUT2D eigenvalue weighted by molar-refractivity contribution is 7.99. The summed E-state index contributed by atoms with van der Waals surface area (Å²) in [6.45, 7) is 0. The van der Waals surface area contributed by atoms with E-state index in [0.29, 0.717) is 33.9 Å². The molecule has 0 aliphatic heterocycles. The lowest BCUT2D eigenvalue weighted by molar-refractivity contribution is -0.133. The number of nitrogens with zero attached hydrogens (tertiary/aromatic N) is 3. The maximum Gasteiger partial charge on any atom is 0.313 e. The van der Waals surface area contributed by atoms with Crippen LogP contribution in [0.2, 0.25) is 0 Å². The normalized spacial score (nSPS) is 10.6. The molecule has 0 saturated heterocycles. The maximum atomic E-state index is 11.0. The molecule has 2 heterocycles. The molecular formula is C16H15N3O5S. The summed E-state index contributed by atoms with van der Waals surface area (Å²) in [4.78, 5) is 11.0. The van der Waals surface area contributed by atoms with Crippen molar-refractivity contribution in [2.45, 2.75) is 5.16 Å². The Balaban J connectivity index is 2.23. The van der Waals surface area contributed by atoms with Gasteiger partial charge in [0, 0.05) is 0 Å². The average molecular weight is 361 g/mol. The van der Waals surface area contributed by atoms with Crippen molar-refractivity contribution in [1.82, 2.24) is 14.8 Å². The van der Waals surface area contributed by atoms with Gasteiger partial charge < -0.3 is 19.0 Å². The monoisotopic (exact) mass is 361 g/mol. The Bertz CT molecular complexity index is 854. The third-order valence-corrected chi connectivity index (χ3v) is 4.24. The van der Waals surface area contributed by atoms with E-state index in [1.165, 1.54) is 6.26 Å². The maximum absolute atomic E-state index is 11.0. The van der Waals surface area contributed by atoms with Gasteiger partial charge in [0.15, 0.2) is 10.9 Å². The van der Waals surface area contributed by atoms with Gasteiger partial charge in [-0.1, -0.05) is 17.8 Å². The molecule has 0 radical (unpaired) electrons. The second-order valence-electron chi connectivity index (χ2n) is 4.81. The molecule has 0 aliphatic rings. The van der Waals surface area contributed by atoms with Crippen molar-refractivity contribution in [3.63, 3.8) is 0 Å². The molecule has 1 aromatic carbocycles. The number of thioether (sulfide) groups is 1. The quantitative estimate of drug-likeness (QED) is 0.641. The van der Waals surface area contributed by atoms with Crippen molar-refractivity contribution < 1.29 is 23.8 Å². The first-order valence-electron chi connectivity index (χ1n) is 7.21. The number of rotatable bonds is 7. The molecule has 0 aliphatic carbocycles. The summed E-state index contributed by atoms with van der Waals surface area (Å²) >= 11 is 1.04. The average Bonchev–Trinajstić information content (AvgIpc) is 3.28. The Kier molecular flexibility index (Phi) is 4.94. The third-order valence-electron chi connectivity index (χ3n) is 3.33. The predicted molar refractivity (Wildman–Crippen MR) is 90.5 cm³/mol. The molecular weight excluding hydrogens is 346 g/mol. The lowest BCUT2D eigenvalue weighted by Gasteiger charge is -2.16. The van der Waals surface area contributed by atoms with E-state index in [1.54, 1.807) is 49.1 Å². The van der Waals surface area contributed by atoms with E-state index in [4.69, 9.17) is 19.0 Å². The van der Waals surface area contributed by atoms with Crippen LogP contribution >= 0.6 is 11.8 Å². The van der Waals surface area contributed by atoms with Gasteiger partial charge in [0.05, 0.1) is 26.2 Å². The molecule has 0 unspecified atom stereocenters. The van der Waals surface area contributed by atoms with E-state index in [1.807, 2.05) is 0 Å². The molecule has 1 N–H and O–H groups in total. The van der Waals surface area contributed by atoms with Gasteiger partial charge in [-0.2, -0.15) is 0 Å². The Morgan fingerprint density at radius 1 is 1.20 bits per heavy atom. The smallest absolute Gasteiger partial charge is 0.313 e. The number of benzene rings is 1. The Labute approximate surface area is 147 Å². The van der Waals surface area contributed by atoms with Gasteiger partial charge in [-0.05, 0) is 24.3 Å². The largest absolute Gasteiger partial charge is 0.494 e. The molecule has 0 bridgehead atoms. The number of para-hydroxylation sites is 1. The van der Waals surface area contributed by atoms with Crippen LogP contribution in [0.4, 0.5) is 0 Å². The van der Waals surface area contributed by atoms with Gasteiger partial charge in [-0.25, -0.2) is 0 Å². The molecule has 2 aromatic heterocycles. The SMILES string of the molecule is COc1cccc(OC)c1-n1c(SCC(=O)O)nnc1-c1ccco1. The van der Waals surface area contributed by atoms with Crippen molar-refractivity contribution in [3.8, 4) is 28.8 Å². The number of methoxy groups -OCH3 is 2. The number of carboxylic acids is 1. The van der Waals surface area contributed by atoms with Crippen molar-refractivity contribution >= 4 is 17.7 Å². The first-order valence-corrected chi connectivity index (χ1v) is 8.19. The van der Waals surface area contributed by atoms with Crippen LogP contribution in [0.3, 0.4) is 0 Å². The molecule has 3 rings (SSSR count). The molecule has 0 amide bonds. The minimum Gasteiger partial charge on any atom is -0.494 e. The fourth-order valence-corrected chi connectivity index (χ4v) is 2.97. The zero-order valence-electron chi connectivity index (χ0n) is 13.5. The molecule has 130 valence electrons. The second kappa shape index (κ2) is 7.31. The number of hydrogen-bond donors (Lipinski definition) is 1. The lowest BCUT2D eigenvalue weighted by atomic mass is 10.2. The molecule has 0 spiro atoms. The van der Waals surface area contributed by atoms with Gasteiger partial charge in [-0.15, -0.1) is 10.2 Å². The van der Waals surface area contributed by atoms with Crippen LogP contribution in [0.15, 0.2) is 46.2 Å². The number of carbonyl (C=O) groups is 1. The van der Waals surface area contributed by atoms with Gasteiger partial charge in [-0.3, -0.25) is 9.36 Å². The predicted octanol–water partition coefficient (Wildman–Crippen LogP) is 2.72. The highest BCUT2D eigenvalue weighted by atomic mass is 32.2. The van der Waals surface area contributed by atoms with Crippen molar-refractivity contribution in [2.75, 3.05) is 20.0 Å². The number of ether oxygens (including phenoxy) is 2. The van der Waals surface area contributed by atoms with E-state index < -0.39 is 5.97 Å². The van der Waals surface area contributed by atoms with Crippen molar-refractivity contribution in [3.05, 3.63) is 36.6 Å². The topological polar surface area (TPSA) is 99.6 Å². The van der Waals surface area contributed by atoms with E-state index in [0.717, 1.165) is 11.8 Å². The first-order chi connectivity index (χ1) is 12.2. The zero-order chi connectivity index (χ0) is 17.8. The van der Waals surface area contributed by atoms with Gasteiger partial charge in [0.2, 0.25) is 5.82 Å². The van der Waals surface area contributed by atoms with Crippen LogP contribution in [0.25, 0.3) is 17.3 Å². The van der Waals surface area contributed by atoms with E-state index >= 15 is 0 Å². The van der Waals surface area contributed by atoms with Gasteiger partial charge in [0.25, 0.3) is 0 Å². The zero-order valence-corrected chi connectivity index (χ0v) is 14.3. The van der Waals surface area contributed by atoms with Crippen LogP contribution in [0, 0.1) is 0 Å². The Hall–Kier alpha value is -2.94. The summed E-state index contributed by atoms with van der Waals surface area (Å²) < 4.78 is 18.0. The van der Waals surface area contributed by atoms with Crippen LogP contribution in [0.1, 0.15) is 0 Å². The molecule has 3 aromatic rings. The standard InChI is InChI=1S/C16H15N3O5S/c1-22-10-5-3-6-11(23-2)14(10)19-15(12-7-4-8-24-12)17-18-16(19)25-9-13(20)21/h3-8H,9H2,1-2H3,(H,20,21).